The molecule has 3 aromatic rings. The zero-order valence-corrected chi connectivity index (χ0v) is 21.6. The highest BCUT2D eigenvalue weighted by Gasteiger charge is 2.51. The first-order valence-corrected chi connectivity index (χ1v) is 12.0. The van der Waals surface area contributed by atoms with Crippen LogP contribution in [0.4, 0.5) is 26.7 Å². The number of furan rings is 1. The summed E-state index contributed by atoms with van der Waals surface area (Å²) in [6.07, 6.45) is -5.48. The summed E-state index contributed by atoms with van der Waals surface area (Å²) in [5, 5.41) is 2.52. The quantitative estimate of drug-likeness (QED) is 0.373. The van der Waals surface area contributed by atoms with Crippen molar-refractivity contribution in [3.05, 3.63) is 64.9 Å². The number of carbonyl (C=O) groups excluding carboxylic acids is 2. The zero-order valence-electron chi connectivity index (χ0n) is 21.6. The number of halogens is 5. The molecule has 1 fully saturated rings. The number of aryl methyl sites for hydroxylation is 1. The van der Waals surface area contributed by atoms with Gasteiger partial charge in [-0.3, -0.25) is 9.69 Å². The van der Waals surface area contributed by atoms with E-state index >= 15 is 0 Å². The Kier molecular flexibility index (Phi) is 7.26. The van der Waals surface area contributed by atoms with E-state index in [0.717, 1.165) is 11.0 Å². The van der Waals surface area contributed by atoms with Crippen LogP contribution in [0.3, 0.4) is 0 Å². The molecule has 0 spiro atoms. The Labute approximate surface area is 220 Å². The summed E-state index contributed by atoms with van der Waals surface area (Å²) in [7, 11) is 0. The molecule has 2 heterocycles. The maximum atomic E-state index is 14.7. The van der Waals surface area contributed by atoms with E-state index in [1.165, 1.54) is 43.3 Å². The van der Waals surface area contributed by atoms with Gasteiger partial charge in [0, 0.05) is 10.9 Å². The van der Waals surface area contributed by atoms with Crippen molar-refractivity contribution in [3.63, 3.8) is 0 Å². The Hall–Kier alpha value is -3.83. The number of alkyl halides is 5. The van der Waals surface area contributed by atoms with Crippen LogP contribution in [0.5, 0.6) is 5.75 Å². The van der Waals surface area contributed by atoms with E-state index in [9.17, 15) is 31.5 Å². The predicted octanol–water partition coefficient (Wildman–Crippen LogP) is 6.32. The molecule has 1 N–H and O–H groups in total. The second-order valence-electron chi connectivity index (χ2n) is 10.3. The fourth-order valence-corrected chi connectivity index (χ4v) is 4.29. The minimum atomic E-state index is -4.56. The number of carbonyl (C=O) groups is 2. The van der Waals surface area contributed by atoms with Gasteiger partial charge < -0.3 is 19.2 Å². The smallest absolute Gasteiger partial charge is 0.416 e. The highest BCUT2D eigenvalue weighted by molar-refractivity contribution is 6.07. The molecular weight excluding hydrogens is 527 g/mol. The van der Waals surface area contributed by atoms with Crippen LogP contribution < -0.4 is 10.1 Å². The second kappa shape index (κ2) is 10.0. The van der Waals surface area contributed by atoms with Gasteiger partial charge in [-0.05, 0) is 52.0 Å². The Morgan fingerprint density at radius 2 is 1.82 bits per heavy atom. The zero-order chi connectivity index (χ0) is 28.8. The molecule has 0 saturated carbocycles. The Bertz CT molecular complexity index is 1390. The van der Waals surface area contributed by atoms with Crippen LogP contribution in [-0.2, 0) is 17.5 Å². The van der Waals surface area contributed by atoms with Crippen LogP contribution in [0, 0.1) is 6.92 Å². The van der Waals surface area contributed by atoms with Crippen molar-refractivity contribution < 1.29 is 45.4 Å². The normalized spacial score (nSPS) is 17.4. The monoisotopic (exact) mass is 554 g/mol. The minimum absolute atomic E-state index is 0.0299. The summed E-state index contributed by atoms with van der Waals surface area (Å²) in [5.41, 5.74) is -1.56. The first-order chi connectivity index (χ1) is 18.0. The predicted molar refractivity (Wildman–Crippen MR) is 131 cm³/mol. The molecule has 2 aromatic carbocycles. The van der Waals surface area contributed by atoms with E-state index in [4.69, 9.17) is 13.9 Å². The third-order valence-electron chi connectivity index (χ3n) is 6.05. The lowest BCUT2D eigenvalue weighted by molar-refractivity contribution is -0.138. The van der Waals surface area contributed by atoms with Crippen molar-refractivity contribution in [2.45, 2.75) is 58.0 Å². The van der Waals surface area contributed by atoms with Gasteiger partial charge in [-0.1, -0.05) is 18.2 Å². The van der Waals surface area contributed by atoms with Crippen LogP contribution in [-0.4, -0.2) is 47.6 Å². The van der Waals surface area contributed by atoms with E-state index in [1.807, 2.05) is 0 Å². The van der Waals surface area contributed by atoms with Gasteiger partial charge in [0.15, 0.2) is 0 Å². The average molecular weight is 555 g/mol. The Morgan fingerprint density at radius 3 is 2.49 bits per heavy atom. The van der Waals surface area contributed by atoms with Crippen LogP contribution in [0.2, 0.25) is 0 Å². The standard InChI is InChI=1S/C27H27F5N2O5/c1-15-22(23(35)33-21-12-34(14-26(21,28)29)24(36)39-25(2,3)4)18-11-17(9-10-20(18)38-15)37-13-16-7-5-6-8-19(16)27(30,31)32/h5-11,21H,12-14H2,1-4H3,(H,33,35). The van der Waals surface area contributed by atoms with Gasteiger partial charge in [0.1, 0.15) is 35.3 Å². The fourth-order valence-electron chi connectivity index (χ4n) is 4.29. The SMILES string of the molecule is Cc1oc2ccc(OCc3ccccc3C(F)(F)F)cc2c1C(=O)NC1CN(C(=O)OC(C)(C)C)CC1(F)F. The summed E-state index contributed by atoms with van der Waals surface area (Å²) in [4.78, 5) is 26.2. The first-order valence-electron chi connectivity index (χ1n) is 12.0. The number of amides is 2. The van der Waals surface area contributed by atoms with Gasteiger partial charge in [0.05, 0.1) is 24.2 Å². The second-order valence-corrected chi connectivity index (χ2v) is 10.3. The van der Waals surface area contributed by atoms with Crippen molar-refractivity contribution in [2.75, 3.05) is 13.1 Å². The van der Waals surface area contributed by atoms with E-state index in [0.29, 0.717) is 0 Å². The first kappa shape index (κ1) is 28.2. The van der Waals surface area contributed by atoms with Gasteiger partial charge in [0.25, 0.3) is 11.8 Å². The molecule has 7 nitrogen and oxygen atoms in total. The van der Waals surface area contributed by atoms with Crippen LogP contribution in [0.1, 0.15) is 48.0 Å². The van der Waals surface area contributed by atoms with Crippen LogP contribution in [0.25, 0.3) is 11.0 Å². The number of likely N-dealkylation sites (tertiary alicyclic amines) is 1. The molecule has 2 amide bonds. The molecule has 0 radical (unpaired) electrons. The van der Waals surface area contributed by atoms with E-state index in [2.05, 4.69) is 5.32 Å². The Morgan fingerprint density at radius 1 is 1.13 bits per heavy atom. The molecular formula is C27H27F5N2O5. The summed E-state index contributed by atoms with van der Waals surface area (Å²) < 4.78 is 85.7. The number of hydrogen-bond acceptors (Lipinski definition) is 5. The summed E-state index contributed by atoms with van der Waals surface area (Å²) >= 11 is 0. The summed E-state index contributed by atoms with van der Waals surface area (Å²) in [6.45, 7) is 4.53. The van der Waals surface area contributed by atoms with Gasteiger partial charge in [-0.2, -0.15) is 13.2 Å². The largest absolute Gasteiger partial charge is 0.489 e. The lowest BCUT2D eigenvalue weighted by atomic mass is 10.1. The molecule has 1 unspecified atom stereocenters. The van der Waals surface area contributed by atoms with Crippen LogP contribution in [0.15, 0.2) is 46.9 Å². The summed E-state index contributed by atoms with van der Waals surface area (Å²) in [6, 6.07) is 7.64. The van der Waals surface area contributed by atoms with Crippen LogP contribution >= 0.6 is 0 Å². The van der Waals surface area contributed by atoms with Gasteiger partial charge in [-0.25, -0.2) is 13.6 Å². The molecule has 210 valence electrons. The van der Waals surface area contributed by atoms with E-state index < -0.39 is 61.0 Å². The molecule has 1 aromatic heterocycles. The molecule has 0 bridgehead atoms. The van der Waals surface area contributed by atoms with Crippen molar-refractivity contribution >= 4 is 23.0 Å². The van der Waals surface area contributed by atoms with Crippen molar-refractivity contribution in [1.29, 1.82) is 0 Å². The topological polar surface area (TPSA) is 81.0 Å². The van der Waals surface area contributed by atoms with Gasteiger partial charge in [0.2, 0.25) is 0 Å². The number of hydrogen-bond donors (Lipinski definition) is 1. The van der Waals surface area contributed by atoms with Crippen molar-refractivity contribution in [1.82, 2.24) is 10.2 Å². The number of nitrogens with one attached hydrogen (secondary N) is 1. The third kappa shape index (κ3) is 6.26. The molecule has 39 heavy (non-hydrogen) atoms. The summed E-state index contributed by atoms with van der Waals surface area (Å²) in [5.74, 6) is -3.98. The van der Waals surface area contributed by atoms with E-state index in [-0.39, 0.29) is 33.6 Å². The molecule has 4 rings (SSSR count). The van der Waals surface area contributed by atoms with Gasteiger partial charge in [-0.15, -0.1) is 0 Å². The lowest BCUT2D eigenvalue weighted by Crippen LogP contribution is -2.46. The number of ether oxygens (including phenoxy) is 2. The molecule has 0 aliphatic carbocycles. The van der Waals surface area contributed by atoms with Crippen molar-refractivity contribution in [3.8, 4) is 5.75 Å². The lowest BCUT2D eigenvalue weighted by Gasteiger charge is -2.24. The van der Waals surface area contributed by atoms with E-state index in [1.54, 1.807) is 20.8 Å². The molecule has 1 saturated heterocycles. The molecule has 1 aliphatic heterocycles. The highest BCUT2D eigenvalue weighted by Crippen LogP contribution is 2.34. The molecule has 12 heteroatoms. The Balaban J connectivity index is 1.53. The molecule has 1 aliphatic rings. The van der Waals surface area contributed by atoms with Crippen molar-refractivity contribution in [2.24, 2.45) is 0 Å². The molecule has 1 atom stereocenters. The number of benzene rings is 2. The number of nitrogens with zero attached hydrogens (tertiary/aromatic N) is 1. The number of rotatable bonds is 5. The highest BCUT2D eigenvalue weighted by atomic mass is 19.4. The minimum Gasteiger partial charge on any atom is -0.489 e. The average Bonchev–Trinajstić information content (AvgIpc) is 3.30. The maximum Gasteiger partial charge on any atom is 0.416 e. The van der Waals surface area contributed by atoms with Gasteiger partial charge >= 0.3 is 12.3 Å². The number of fused-ring (bicyclic) bond motifs is 1. The maximum absolute atomic E-state index is 14.7. The third-order valence-corrected chi connectivity index (χ3v) is 6.05. The fraction of sp³-hybridized carbons (Fsp3) is 0.407.